The fraction of sp³-hybridized carbons (Fsp3) is 0.520. The quantitative estimate of drug-likeness (QED) is 0.279. The lowest BCUT2D eigenvalue weighted by Gasteiger charge is -2.19. The molecule has 0 aromatic heterocycles. The molecule has 0 saturated carbocycles. The van der Waals surface area contributed by atoms with E-state index in [1.54, 1.807) is 18.2 Å². The summed E-state index contributed by atoms with van der Waals surface area (Å²) >= 11 is 3.46. The van der Waals surface area contributed by atoms with Gasteiger partial charge in [0, 0.05) is 29.4 Å². The lowest BCUT2D eigenvalue weighted by molar-refractivity contribution is -0.123. The highest BCUT2D eigenvalue weighted by Gasteiger charge is 2.27. The molecule has 0 saturated heterocycles. The fourth-order valence-electron chi connectivity index (χ4n) is 3.64. The van der Waals surface area contributed by atoms with E-state index in [-0.39, 0.29) is 23.6 Å². The van der Waals surface area contributed by atoms with Crippen LogP contribution in [0.2, 0.25) is 0 Å². The van der Waals surface area contributed by atoms with Crippen LogP contribution < -0.4 is 15.4 Å². The minimum absolute atomic E-state index is 0.0583. The van der Waals surface area contributed by atoms with Crippen LogP contribution in [-0.2, 0) is 19.6 Å². The maximum atomic E-state index is 13.3. The van der Waals surface area contributed by atoms with Crippen molar-refractivity contribution < 1.29 is 18.0 Å². The van der Waals surface area contributed by atoms with Crippen molar-refractivity contribution in [3.05, 3.63) is 40.9 Å². The predicted molar refractivity (Wildman–Crippen MR) is 140 cm³/mol. The molecule has 0 aliphatic carbocycles. The van der Waals surface area contributed by atoms with E-state index in [4.69, 9.17) is 0 Å². The molecule has 0 aliphatic heterocycles. The van der Waals surface area contributed by atoms with E-state index in [1.807, 2.05) is 12.1 Å². The molecule has 0 heterocycles. The average Bonchev–Trinajstić information content (AvgIpc) is 2.82. The second-order valence-corrected chi connectivity index (χ2v) is 10.9. The minimum atomic E-state index is -4.02. The first-order valence-corrected chi connectivity index (χ1v) is 14.3. The molecule has 7 nitrogen and oxygen atoms in total. The fourth-order valence-corrected chi connectivity index (χ4v) is 5.56. The van der Waals surface area contributed by atoms with Gasteiger partial charge in [-0.15, -0.1) is 0 Å². The van der Waals surface area contributed by atoms with Crippen LogP contribution in [-0.4, -0.2) is 39.4 Å². The standard InChI is InChI=1S/C25H36BrN3O4S/c1-3-5-9-17-27-24(30)16-14-22(25(31)28-18-10-6-4-2)29-34(32,33)23-15-13-21(26)19-11-7-8-12-20(19)23/h7-8,11-13,15,22,29H,3-6,9-10,14,16-18H2,1-2H3,(H,27,30)(H,28,31). The summed E-state index contributed by atoms with van der Waals surface area (Å²) in [7, 11) is -4.02. The van der Waals surface area contributed by atoms with Crippen LogP contribution >= 0.6 is 15.9 Å². The van der Waals surface area contributed by atoms with E-state index in [2.05, 4.69) is 45.1 Å². The van der Waals surface area contributed by atoms with Crippen molar-refractivity contribution in [1.29, 1.82) is 0 Å². The first kappa shape index (κ1) is 28.3. The molecule has 1 atom stereocenters. The normalized spacial score (nSPS) is 12.4. The third-order valence-corrected chi connectivity index (χ3v) is 7.80. The summed E-state index contributed by atoms with van der Waals surface area (Å²) in [6.45, 7) is 5.21. The molecule has 34 heavy (non-hydrogen) atoms. The first-order valence-electron chi connectivity index (χ1n) is 12.0. The monoisotopic (exact) mass is 553 g/mol. The van der Waals surface area contributed by atoms with E-state index >= 15 is 0 Å². The van der Waals surface area contributed by atoms with Crippen LogP contribution in [0.15, 0.2) is 45.8 Å². The Morgan fingerprint density at radius 1 is 0.882 bits per heavy atom. The molecule has 2 aromatic carbocycles. The number of carbonyl (C=O) groups is 2. The molecule has 3 N–H and O–H groups in total. The molecule has 2 rings (SSSR count). The lowest BCUT2D eigenvalue weighted by atomic mass is 10.1. The predicted octanol–water partition coefficient (Wildman–Crippen LogP) is 4.64. The second kappa shape index (κ2) is 14.4. The summed E-state index contributed by atoms with van der Waals surface area (Å²) < 4.78 is 30.0. The van der Waals surface area contributed by atoms with Crippen molar-refractivity contribution in [1.82, 2.24) is 15.4 Å². The van der Waals surface area contributed by atoms with Gasteiger partial charge >= 0.3 is 0 Å². The summed E-state index contributed by atoms with van der Waals surface area (Å²) in [5.74, 6) is -0.604. The molecule has 0 radical (unpaired) electrons. The zero-order valence-electron chi connectivity index (χ0n) is 20.0. The van der Waals surface area contributed by atoms with Gasteiger partial charge < -0.3 is 10.6 Å². The topological polar surface area (TPSA) is 104 Å². The van der Waals surface area contributed by atoms with Crippen LogP contribution in [0.4, 0.5) is 0 Å². The molecule has 2 amide bonds. The molecule has 0 bridgehead atoms. The third kappa shape index (κ3) is 8.67. The number of fused-ring (bicyclic) bond motifs is 1. The van der Waals surface area contributed by atoms with Crippen molar-refractivity contribution in [2.24, 2.45) is 0 Å². The van der Waals surface area contributed by atoms with Gasteiger partial charge in [-0.25, -0.2) is 8.42 Å². The molecule has 0 spiro atoms. The maximum absolute atomic E-state index is 13.3. The van der Waals surface area contributed by atoms with Crippen molar-refractivity contribution >= 4 is 48.5 Å². The first-order chi connectivity index (χ1) is 16.3. The summed E-state index contributed by atoms with van der Waals surface area (Å²) in [4.78, 5) is 25.2. The van der Waals surface area contributed by atoms with Crippen LogP contribution in [0.3, 0.4) is 0 Å². The number of sulfonamides is 1. The van der Waals surface area contributed by atoms with Gasteiger partial charge in [0.25, 0.3) is 0 Å². The summed E-state index contributed by atoms with van der Waals surface area (Å²) in [6, 6.07) is 9.33. The molecule has 188 valence electrons. The molecular weight excluding hydrogens is 518 g/mol. The van der Waals surface area contributed by atoms with E-state index in [0.29, 0.717) is 18.5 Å². The van der Waals surface area contributed by atoms with Crippen LogP contribution in [0.1, 0.15) is 65.2 Å². The van der Waals surface area contributed by atoms with Crippen molar-refractivity contribution in [3.8, 4) is 0 Å². The highest BCUT2D eigenvalue weighted by Crippen LogP contribution is 2.29. The van der Waals surface area contributed by atoms with E-state index in [0.717, 1.165) is 48.4 Å². The number of hydrogen-bond acceptors (Lipinski definition) is 4. The number of amides is 2. The highest BCUT2D eigenvalue weighted by molar-refractivity contribution is 9.10. The van der Waals surface area contributed by atoms with Gasteiger partial charge in [-0.3, -0.25) is 9.59 Å². The minimum Gasteiger partial charge on any atom is -0.356 e. The third-order valence-electron chi connectivity index (χ3n) is 5.58. The molecule has 0 fully saturated rings. The van der Waals surface area contributed by atoms with Gasteiger partial charge in [0.05, 0.1) is 4.90 Å². The number of rotatable bonds is 15. The SMILES string of the molecule is CCCCCNC(=O)CCC(NS(=O)(=O)c1ccc(Br)c2ccccc12)C(=O)NCCCCC. The Hall–Kier alpha value is -1.97. The molecule has 9 heteroatoms. The molecular formula is C25H36BrN3O4S. The number of nitrogens with one attached hydrogen (secondary N) is 3. The summed E-state index contributed by atoms with van der Waals surface area (Å²) in [6.07, 6.45) is 5.93. The largest absolute Gasteiger partial charge is 0.356 e. The van der Waals surface area contributed by atoms with Crippen molar-refractivity contribution in [2.75, 3.05) is 13.1 Å². The van der Waals surface area contributed by atoms with Crippen LogP contribution in [0, 0.1) is 0 Å². The van der Waals surface area contributed by atoms with Gasteiger partial charge in [0.2, 0.25) is 21.8 Å². The maximum Gasteiger partial charge on any atom is 0.241 e. The summed E-state index contributed by atoms with van der Waals surface area (Å²) in [5, 5.41) is 6.98. The van der Waals surface area contributed by atoms with Crippen LogP contribution in [0.5, 0.6) is 0 Å². The zero-order valence-corrected chi connectivity index (χ0v) is 22.4. The molecule has 0 aliphatic rings. The van der Waals surface area contributed by atoms with E-state index < -0.39 is 22.0 Å². The highest BCUT2D eigenvalue weighted by atomic mass is 79.9. The molecule has 1 unspecified atom stereocenters. The Labute approximate surface area is 211 Å². The lowest BCUT2D eigenvalue weighted by Crippen LogP contribution is -2.47. The van der Waals surface area contributed by atoms with Gasteiger partial charge in [-0.05, 0) is 36.8 Å². The van der Waals surface area contributed by atoms with Gasteiger partial charge in [-0.2, -0.15) is 4.72 Å². The Kier molecular flexibility index (Phi) is 12.0. The average molecular weight is 555 g/mol. The van der Waals surface area contributed by atoms with Gasteiger partial charge in [0.15, 0.2) is 0 Å². The Morgan fingerprint density at radius 3 is 2.15 bits per heavy atom. The number of halogens is 1. The second-order valence-electron chi connectivity index (χ2n) is 8.36. The smallest absolute Gasteiger partial charge is 0.241 e. The van der Waals surface area contributed by atoms with Gasteiger partial charge in [0.1, 0.15) is 6.04 Å². The number of carbonyl (C=O) groups excluding carboxylic acids is 2. The van der Waals surface area contributed by atoms with E-state index in [9.17, 15) is 18.0 Å². The number of unbranched alkanes of at least 4 members (excludes halogenated alkanes) is 4. The van der Waals surface area contributed by atoms with Gasteiger partial charge in [-0.1, -0.05) is 79.7 Å². The Bertz CT molecular complexity index is 1060. The number of hydrogen-bond donors (Lipinski definition) is 3. The van der Waals surface area contributed by atoms with Crippen molar-refractivity contribution in [2.45, 2.75) is 76.2 Å². The van der Waals surface area contributed by atoms with Crippen LogP contribution in [0.25, 0.3) is 10.8 Å². The number of benzene rings is 2. The summed E-state index contributed by atoms with van der Waals surface area (Å²) in [5.41, 5.74) is 0. The Balaban J connectivity index is 2.17. The van der Waals surface area contributed by atoms with Crippen molar-refractivity contribution in [3.63, 3.8) is 0 Å². The zero-order chi connectivity index (χ0) is 25.0. The Morgan fingerprint density at radius 2 is 1.50 bits per heavy atom. The molecule has 2 aromatic rings. The van der Waals surface area contributed by atoms with E-state index in [1.165, 1.54) is 6.07 Å².